The lowest BCUT2D eigenvalue weighted by molar-refractivity contribution is 0.0996. The van der Waals surface area contributed by atoms with Crippen LogP contribution in [0.2, 0.25) is 5.02 Å². The molecule has 0 aromatic heterocycles. The Hall–Kier alpha value is -2.14. The molecule has 104 valence electrons. The van der Waals surface area contributed by atoms with Crippen molar-refractivity contribution in [2.75, 3.05) is 5.32 Å². The van der Waals surface area contributed by atoms with Crippen molar-refractivity contribution < 1.29 is 13.6 Å². The van der Waals surface area contributed by atoms with Crippen molar-refractivity contribution >= 4 is 23.2 Å². The summed E-state index contributed by atoms with van der Waals surface area (Å²) in [5.74, 6) is -2.73. The molecule has 6 heteroatoms. The van der Waals surface area contributed by atoms with Gasteiger partial charge in [-0.3, -0.25) is 4.79 Å². The number of anilines is 1. The summed E-state index contributed by atoms with van der Waals surface area (Å²) in [5.41, 5.74) is 5.47. The SMILES string of the molecule is NC(=O)c1cc(NCc2cccc(Cl)c2)c(F)cc1F. The Morgan fingerprint density at radius 3 is 2.60 bits per heavy atom. The molecule has 0 spiro atoms. The lowest BCUT2D eigenvalue weighted by Crippen LogP contribution is -2.14. The van der Waals surface area contributed by atoms with Crippen LogP contribution in [0.25, 0.3) is 0 Å². The van der Waals surface area contributed by atoms with E-state index in [9.17, 15) is 13.6 Å². The number of nitrogens with one attached hydrogen (secondary N) is 1. The Morgan fingerprint density at radius 1 is 1.20 bits per heavy atom. The molecule has 0 aliphatic heterocycles. The van der Waals surface area contributed by atoms with Gasteiger partial charge in [0.1, 0.15) is 11.6 Å². The quantitative estimate of drug-likeness (QED) is 0.909. The average Bonchev–Trinajstić information content (AvgIpc) is 2.37. The topological polar surface area (TPSA) is 55.1 Å². The van der Waals surface area contributed by atoms with Crippen molar-refractivity contribution in [1.29, 1.82) is 0 Å². The van der Waals surface area contributed by atoms with E-state index in [4.69, 9.17) is 17.3 Å². The second-order valence-corrected chi connectivity index (χ2v) is 4.60. The van der Waals surface area contributed by atoms with Crippen LogP contribution in [-0.2, 0) is 6.54 Å². The van der Waals surface area contributed by atoms with Gasteiger partial charge in [0.15, 0.2) is 0 Å². The zero-order valence-corrected chi connectivity index (χ0v) is 11.0. The molecule has 2 rings (SSSR count). The molecule has 0 atom stereocenters. The van der Waals surface area contributed by atoms with Gasteiger partial charge in [0, 0.05) is 17.6 Å². The summed E-state index contributed by atoms with van der Waals surface area (Å²) in [6.07, 6.45) is 0. The zero-order valence-electron chi connectivity index (χ0n) is 10.3. The minimum Gasteiger partial charge on any atom is -0.379 e. The second kappa shape index (κ2) is 5.88. The Bertz CT molecular complexity index is 662. The van der Waals surface area contributed by atoms with Gasteiger partial charge in [-0.2, -0.15) is 0 Å². The third-order valence-electron chi connectivity index (χ3n) is 2.69. The molecule has 0 heterocycles. The molecule has 20 heavy (non-hydrogen) atoms. The summed E-state index contributed by atoms with van der Waals surface area (Å²) in [4.78, 5) is 11.0. The molecule has 2 aromatic rings. The van der Waals surface area contributed by atoms with Crippen molar-refractivity contribution in [1.82, 2.24) is 0 Å². The summed E-state index contributed by atoms with van der Waals surface area (Å²) >= 11 is 5.83. The zero-order chi connectivity index (χ0) is 14.7. The largest absolute Gasteiger partial charge is 0.379 e. The maximum Gasteiger partial charge on any atom is 0.251 e. The Kier molecular flexibility index (Phi) is 4.20. The van der Waals surface area contributed by atoms with Gasteiger partial charge >= 0.3 is 0 Å². The average molecular weight is 297 g/mol. The number of benzene rings is 2. The molecule has 0 fully saturated rings. The van der Waals surface area contributed by atoms with Crippen molar-refractivity contribution in [2.45, 2.75) is 6.54 Å². The van der Waals surface area contributed by atoms with Crippen LogP contribution in [0.5, 0.6) is 0 Å². The number of carbonyl (C=O) groups excluding carboxylic acids is 1. The van der Waals surface area contributed by atoms with E-state index < -0.39 is 17.5 Å². The van der Waals surface area contributed by atoms with Gasteiger partial charge in [0.25, 0.3) is 5.91 Å². The van der Waals surface area contributed by atoms with Gasteiger partial charge in [0.05, 0.1) is 11.3 Å². The van der Waals surface area contributed by atoms with Crippen LogP contribution in [0.1, 0.15) is 15.9 Å². The molecule has 0 saturated heterocycles. The van der Waals surface area contributed by atoms with E-state index >= 15 is 0 Å². The lowest BCUT2D eigenvalue weighted by atomic mass is 10.1. The number of primary amides is 1. The lowest BCUT2D eigenvalue weighted by Gasteiger charge is -2.10. The minimum atomic E-state index is -0.983. The predicted octanol–water partition coefficient (Wildman–Crippen LogP) is 3.33. The van der Waals surface area contributed by atoms with Gasteiger partial charge in [0.2, 0.25) is 0 Å². The molecule has 0 aliphatic rings. The summed E-state index contributed by atoms with van der Waals surface area (Å²) in [7, 11) is 0. The third-order valence-corrected chi connectivity index (χ3v) is 2.93. The normalized spacial score (nSPS) is 10.3. The molecule has 3 nitrogen and oxygen atoms in total. The first kappa shape index (κ1) is 14.3. The molecule has 2 aromatic carbocycles. The van der Waals surface area contributed by atoms with Crippen LogP contribution < -0.4 is 11.1 Å². The molecule has 0 saturated carbocycles. The molecule has 0 aliphatic carbocycles. The van der Waals surface area contributed by atoms with Crippen LogP contribution in [0.4, 0.5) is 14.5 Å². The number of nitrogens with two attached hydrogens (primary N) is 1. The molecule has 1 amide bonds. The van der Waals surface area contributed by atoms with E-state index in [2.05, 4.69) is 5.32 Å². The van der Waals surface area contributed by atoms with Gasteiger partial charge in [-0.05, 0) is 23.8 Å². The van der Waals surface area contributed by atoms with Crippen molar-refractivity contribution in [2.24, 2.45) is 5.73 Å². The fourth-order valence-electron chi connectivity index (χ4n) is 1.72. The fraction of sp³-hybridized carbons (Fsp3) is 0.0714. The number of hydrogen-bond acceptors (Lipinski definition) is 2. The summed E-state index contributed by atoms with van der Waals surface area (Å²) in [6.45, 7) is 0.279. The number of carbonyl (C=O) groups is 1. The molecule has 3 N–H and O–H groups in total. The van der Waals surface area contributed by atoms with Crippen molar-refractivity contribution in [3.63, 3.8) is 0 Å². The maximum absolute atomic E-state index is 13.6. The molecular formula is C14H11ClF2N2O. The van der Waals surface area contributed by atoms with E-state index in [-0.39, 0.29) is 17.8 Å². The third kappa shape index (κ3) is 3.24. The van der Waals surface area contributed by atoms with E-state index in [0.29, 0.717) is 11.1 Å². The minimum absolute atomic E-state index is 0.000163. The van der Waals surface area contributed by atoms with E-state index in [1.807, 2.05) is 0 Å². The van der Waals surface area contributed by atoms with Crippen LogP contribution in [-0.4, -0.2) is 5.91 Å². The highest BCUT2D eigenvalue weighted by Gasteiger charge is 2.13. The second-order valence-electron chi connectivity index (χ2n) is 4.16. The van der Waals surface area contributed by atoms with Crippen molar-refractivity contribution in [3.05, 3.63) is 64.2 Å². The van der Waals surface area contributed by atoms with Gasteiger partial charge in [-0.15, -0.1) is 0 Å². The number of halogens is 3. The van der Waals surface area contributed by atoms with Gasteiger partial charge < -0.3 is 11.1 Å². The number of rotatable bonds is 4. The highest BCUT2D eigenvalue weighted by Crippen LogP contribution is 2.20. The number of hydrogen-bond donors (Lipinski definition) is 2. The standard InChI is InChI=1S/C14H11ClF2N2O/c15-9-3-1-2-8(4-9)7-19-13-5-10(14(18)20)11(16)6-12(13)17/h1-6,19H,7H2,(H2,18,20). The van der Waals surface area contributed by atoms with E-state index in [0.717, 1.165) is 11.6 Å². The van der Waals surface area contributed by atoms with E-state index in [1.165, 1.54) is 0 Å². The first-order valence-electron chi connectivity index (χ1n) is 5.74. The first-order valence-corrected chi connectivity index (χ1v) is 6.12. The van der Waals surface area contributed by atoms with Gasteiger partial charge in [-0.25, -0.2) is 8.78 Å². The first-order chi connectivity index (χ1) is 9.47. The smallest absolute Gasteiger partial charge is 0.251 e. The molecule has 0 unspecified atom stereocenters. The van der Waals surface area contributed by atoms with Crippen molar-refractivity contribution in [3.8, 4) is 0 Å². The Balaban J connectivity index is 2.21. The highest BCUT2D eigenvalue weighted by atomic mass is 35.5. The summed E-state index contributed by atoms with van der Waals surface area (Å²) in [5, 5.41) is 3.33. The van der Waals surface area contributed by atoms with Crippen LogP contribution >= 0.6 is 11.6 Å². The monoisotopic (exact) mass is 296 g/mol. The summed E-state index contributed by atoms with van der Waals surface area (Å²) < 4.78 is 26.9. The Morgan fingerprint density at radius 2 is 1.95 bits per heavy atom. The molecule has 0 bridgehead atoms. The fourth-order valence-corrected chi connectivity index (χ4v) is 1.93. The van der Waals surface area contributed by atoms with E-state index in [1.54, 1.807) is 24.3 Å². The Labute approximate surface area is 119 Å². The number of amides is 1. The predicted molar refractivity (Wildman–Crippen MR) is 73.7 cm³/mol. The molecule has 0 radical (unpaired) electrons. The maximum atomic E-state index is 13.6. The molecular weight excluding hydrogens is 286 g/mol. The van der Waals surface area contributed by atoms with Crippen LogP contribution in [0.15, 0.2) is 36.4 Å². The van der Waals surface area contributed by atoms with Crippen LogP contribution in [0.3, 0.4) is 0 Å². The van der Waals surface area contributed by atoms with Gasteiger partial charge in [-0.1, -0.05) is 23.7 Å². The summed E-state index contributed by atoms with van der Waals surface area (Å²) in [6, 6.07) is 8.67. The highest BCUT2D eigenvalue weighted by molar-refractivity contribution is 6.30. The van der Waals surface area contributed by atoms with Crippen LogP contribution in [0, 0.1) is 11.6 Å².